The quantitative estimate of drug-likeness (QED) is 0.752. The number of piperazine rings is 1. The van der Waals surface area contributed by atoms with E-state index in [1.54, 1.807) is 0 Å². The molecule has 0 radical (unpaired) electrons. The van der Waals surface area contributed by atoms with E-state index in [-0.39, 0.29) is 17.8 Å². The molecule has 3 fully saturated rings. The first kappa shape index (κ1) is 20.5. The van der Waals surface area contributed by atoms with E-state index in [9.17, 15) is 14.4 Å². The third kappa shape index (κ3) is 3.95. The molecule has 2 aliphatic carbocycles. The highest BCUT2D eigenvalue weighted by Crippen LogP contribution is 2.34. The molecule has 1 N–H and O–H groups in total. The molecule has 2 aliphatic heterocycles. The Morgan fingerprint density at radius 1 is 1.03 bits per heavy atom. The van der Waals surface area contributed by atoms with Gasteiger partial charge >= 0.3 is 6.03 Å². The highest BCUT2D eigenvalue weighted by atomic mass is 16.2. The van der Waals surface area contributed by atoms with Crippen molar-refractivity contribution in [1.82, 2.24) is 20.0 Å². The second kappa shape index (κ2) is 8.26. The second-order valence-electron chi connectivity index (χ2n) is 9.69. The Morgan fingerprint density at radius 2 is 1.74 bits per heavy atom. The lowest BCUT2D eigenvalue weighted by molar-refractivity contribution is -0.137. The molecule has 7 nitrogen and oxygen atoms in total. The zero-order valence-electron chi connectivity index (χ0n) is 18.1. The van der Waals surface area contributed by atoms with Gasteiger partial charge in [-0.2, -0.15) is 0 Å². The van der Waals surface area contributed by atoms with Gasteiger partial charge in [0.05, 0.1) is 6.67 Å². The van der Waals surface area contributed by atoms with Gasteiger partial charge in [0.15, 0.2) is 0 Å². The number of fused-ring (bicyclic) bond motifs is 1. The van der Waals surface area contributed by atoms with E-state index in [1.807, 2.05) is 17.0 Å². The van der Waals surface area contributed by atoms with Crippen LogP contribution >= 0.6 is 0 Å². The van der Waals surface area contributed by atoms with E-state index < -0.39 is 5.54 Å². The molecule has 1 atom stereocenters. The van der Waals surface area contributed by atoms with Crippen molar-refractivity contribution >= 4 is 17.8 Å². The van der Waals surface area contributed by atoms with Crippen LogP contribution in [0.5, 0.6) is 0 Å². The average Bonchev–Trinajstić information content (AvgIpc) is 3.37. The van der Waals surface area contributed by atoms with Gasteiger partial charge in [-0.25, -0.2) is 9.69 Å². The third-order valence-electron chi connectivity index (χ3n) is 7.68. The summed E-state index contributed by atoms with van der Waals surface area (Å²) in [6, 6.07) is 7.89. The van der Waals surface area contributed by atoms with Gasteiger partial charge in [-0.3, -0.25) is 14.5 Å². The number of aryl methyl sites for hydroxylation is 1. The summed E-state index contributed by atoms with van der Waals surface area (Å²) in [7, 11) is 0. The van der Waals surface area contributed by atoms with E-state index in [1.165, 1.54) is 36.1 Å². The van der Waals surface area contributed by atoms with Crippen LogP contribution < -0.4 is 5.32 Å². The van der Waals surface area contributed by atoms with Crippen molar-refractivity contribution in [3.8, 4) is 0 Å². The van der Waals surface area contributed by atoms with Crippen molar-refractivity contribution in [2.45, 2.75) is 56.9 Å². The molecule has 0 bridgehead atoms. The summed E-state index contributed by atoms with van der Waals surface area (Å²) in [5, 5.41) is 3.01. The van der Waals surface area contributed by atoms with E-state index in [0.29, 0.717) is 58.0 Å². The number of urea groups is 1. The maximum Gasteiger partial charge on any atom is 0.326 e. The maximum atomic E-state index is 13.3. The molecule has 4 aliphatic rings. The summed E-state index contributed by atoms with van der Waals surface area (Å²) < 4.78 is 0. The largest absolute Gasteiger partial charge is 0.340 e. The van der Waals surface area contributed by atoms with Gasteiger partial charge in [-0.1, -0.05) is 37.1 Å². The fraction of sp³-hybridized carbons (Fsp3) is 0.625. The topological polar surface area (TPSA) is 73.0 Å². The maximum absolute atomic E-state index is 13.3. The lowest BCUT2D eigenvalue weighted by Crippen LogP contribution is -2.54. The van der Waals surface area contributed by atoms with Crippen molar-refractivity contribution in [2.75, 3.05) is 32.8 Å². The number of rotatable bonds is 4. The predicted molar refractivity (Wildman–Crippen MR) is 116 cm³/mol. The molecule has 166 valence electrons. The van der Waals surface area contributed by atoms with Crippen molar-refractivity contribution in [3.05, 3.63) is 35.4 Å². The highest BCUT2D eigenvalue weighted by Gasteiger charge is 2.52. The minimum absolute atomic E-state index is 0.105. The van der Waals surface area contributed by atoms with E-state index in [4.69, 9.17) is 0 Å². The van der Waals surface area contributed by atoms with E-state index in [2.05, 4.69) is 22.3 Å². The van der Waals surface area contributed by atoms with Crippen molar-refractivity contribution in [1.29, 1.82) is 0 Å². The van der Waals surface area contributed by atoms with Crippen LogP contribution in [0.25, 0.3) is 0 Å². The monoisotopic (exact) mass is 424 g/mol. The highest BCUT2D eigenvalue weighted by molar-refractivity contribution is 6.07. The standard InChI is InChI=1S/C24H32N4O3/c29-21(15-18-5-1-2-6-18)27-13-11-26(12-14-27)17-28-22(30)24(25-23(28)31)10-9-19-7-3-4-8-20(19)16-24/h3-4,7-8,18H,1-2,5-6,9-17H2,(H,25,31). The Balaban J connectivity index is 1.16. The number of carbonyl (C=O) groups is 3. The first-order valence-electron chi connectivity index (χ1n) is 11.8. The molecule has 0 aromatic heterocycles. The molecular weight excluding hydrogens is 392 g/mol. The zero-order chi connectivity index (χ0) is 21.4. The summed E-state index contributed by atoms with van der Waals surface area (Å²) in [6.07, 6.45) is 7.57. The van der Waals surface area contributed by atoms with Crippen LogP contribution in [0.3, 0.4) is 0 Å². The first-order chi connectivity index (χ1) is 15.0. The molecule has 1 aromatic rings. The Kier molecular flexibility index (Phi) is 5.46. The van der Waals surface area contributed by atoms with Crippen LogP contribution in [-0.4, -0.2) is 70.9 Å². The molecule has 7 heteroatoms. The molecule has 1 spiro atoms. The number of hydrogen-bond donors (Lipinski definition) is 1. The number of benzene rings is 1. The lowest BCUT2D eigenvalue weighted by atomic mass is 9.78. The summed E-state index contributed by atoms with van der Waals surface area (Å²) >= 11 is 0. The minimum atomic E-state index is -0.801. The smallest absolute Gasteiger partial charge is 0.326 e. The van der Waals surface area contributed by atoms with Gasteiger partial charge in [0.2, 0.25) is 5.91 Å². The Hall–Kier alpha value is -2.41. The summed E-state index contributed by atoms with van der Waals surface area (Å²) in [4.78, 5) is 44.1. The van der Waals surface area contributed by atoms with Gasteiger partial charge < -0.3 is 10.2 Å². The number of amides is 4. The molecule has 1 aromatic carbocycles. The number of nitrogens with one attached hydrogen (secondary N) is 1. The molecule has 5 rings (SSSR count). The molecule has 1 saturated carbocycles. The fourth-order valence-corrected chi connectivity index (χ4v) is 5.76. The molecule has 2 saturated heterocycles. The summed E-state index contributed by atoms with van der Waals surface area (Å²) in [5.41, 5.74) is 1.62. The molecule has 4 amide bonds. The SMILES string of the molecule is O=C(CC1CCCC1)N1CCN(CN2C(=O)NC3(CCc4ccccc4C3)C2=O)CC1. The average molecular weight is 425 g/mol. The number of carbonyl (C=O) groups excluding carboxylic acids is 3. The summed E-state index contributed by atoms with van der Waals surface area (Å²) in [6.45, 7) is 3.05. The van der Waals surface area contributed by atoms with Crippen LogP contribution in [0.1, 0.15) is 49.7 Å². The van der Waals surface area contributed by atoms with Gasteiger partial charge in [-0.05, 0) is 42.7 Å². The number of nitrogens with zero attached hydrogens (tertiary/aromatic N) is 3. The van der Waals surface area contributed by atoms with Crippen LogP contribution in [0.4, 0.5) is 4.79 Å². The molecule has 31 heavy (non-hydrogen) atoms. The lowest BCUT2D eigenvalue weighted by Gasteiger charge is -2.37. The Bertz CT molecular complexity index is 873. The number of imide groups is 1. The normalized spacial score (nSPS) is 27.1. The van der Waals surface area contributed by atoms with Crippen LogP contribution in [0.15, 0.2) is 24.3 Å². The molecule has 1 unspecified atom stereocenters. The van der Waals surface area contributed by atoms with Gasteiger partial charge in [0, 0.05) is 39.0 Å². The van der Waals surface area contributed by atoms with Gasteiger partial charge in [-0.15, -0.1) is 0 Å². The Labute approximate surface area is 183 Å². The van der Waals surface area contributed by atoms with Crippen molar-refractivity contribution in [3.63, 3.8) is 0 Å². The number of hydrogen-bond acceptors (Lipinski definition) is 4. The molecule has 2 heterocycles. The predicted octanol–water partition coefficient (Wildman–Crippen LogP) is 2.15. The van der Waals surface area contributed by atoms with Crippen LogP contribution in [0, 0.1) is 5.92 Å². The van der Waals surface area contributed by atoms with Gasteiger partial charge in [0.25, 0.3) is 5.91 Å². The summed E-state index contributed by atoms with van der Waals surface area (Å²) in [5.74, 6) is 0.723. The van der Waals surface area contributed by atoms with Crippen LogP contribution in [0.2, 0.25) is 0 Å². The second-order valence-corrected chi connectivity index (χ2v) is 9.69. The Morgan fingerprint density at radius 3 is 2.48 bits per heavy atom. The fourth-order valence-electron chi connectivity index (χ4n) is 5.76. The van der Waals surface area contributed by atoms with E-state index >= 15 is 0 Å². The minimum Gasteiger partial charge on any atom is -0.340 e. The van der Waals surface area contributed by atoms with Crippen molar-refractivity contribution in [2.24, 2.45) is 5.92 Å². The zero-order valence-corrected chi connectivity index (χ0v) is 18.1. The first-order valence-corrected chi connectivity index (χ1v) is 11.8. The molecular formula is C24H32N4O3. The van der Waals surface area contributed by atoms with Crippen LogP contribution in [-0.2, 0) is 22.4 Å². The van der Waals surface area contributed by atoms with E-state index in [0.717, 1.165) is 12.0 Å². The van der Waals surface area contributed by atoms with Gasteiger partial charge in [0.1, 0.15) is 5.54 Å². The third-order valence-corrected chi connectivity index (χ3v) is 7.68. The van der Waals surface area contributed by atoms with Crippen molar-refractivity contribution < 1.29 is 14.4 Å².